The van der Waals surface area contributed by atoms with Gasteiger partial charge in [0.15, 0.2) is 0 Å². The Morgan fingerprint density at radius 3 is 2.86 bits per heavy atom. The first-order valence-corrected chi connectivity index (χ1v) is 8.28. The van der Waals surface area contributed by atoms with Gasteiger partial charge in [-0.15, -0.1) is 0 Å². The summed E-state index contributed by atoms with van der Waals surface area (Å²) in [6, 6.07) is 3.94. The number of ether oxygens (including phenoxy) is 1. The van der Waals surface area contributed by atoms with Crippen molar-refractivity contribution in [2.75, 3.05) is 23.7 Å². The maximum Gasteiger partial charge on any atom is 0.337 e. The molecule has 3 rings (SSSR count). The third-order valence-electron chi connectivity index (χ3n) is 3.97. The smallest absolute Gasteiger partial charge is 0.337 e. The number of methoxy groups -OCH3 is 1. The molecule has 0 atom stereocenters. The van der Waals surface area contributed by atoms with Gasteiger partial charge in [-0.1, -0.05) is 6.92 Å². The van der Waals surface area contributed by atoms with Gasteiger partial charge in [0.2, 0.25) is 0 Å². The van der Waals surface area contributed by atoms with Crippen molar-refractivity contribution in [3.05, 3.63) is 29.5 Å². The molecule has 2 aromatic rings. The Morgan fingerprint density at radius 1 is 1.38 bits per heavy atom. The monoisotopic (exact) mass is 304 g/mol. The second-order valence-electron chi connectivity index (χ2n) is 5.11. The zero-order valence-corrected chi connectivity index (χ0v) is 13.5. The van der Waals surface area contributed by atoms with E-state index in [1.165, 1.54) is 23.6 Å². The van der Waals surface area contributed by atoms with E-state index in [4.69, 9.17) is 4.74 Å². The molecule has 0 amide bonds. The van der Waals surface area contributed by atoms with Crippen LogP contribution in [-0.2, 0) is 17.7 Å². The van der Waals surface area contributed by atoms with Crippen molar-refractivity contribution in [1.29, 1.82) is 0 Å². The van der Waals surface area contributed by atoms with Crippen LogP contribution in [0.1, 0.15) is 29.8 Å². The molecule has 112 valence electrons. The minimum atomic E-state index is -0.270. The predicted molar refractivity (Wildman–Crippen MR) is 88.1 cm³/mol. The molecule has 0 radical (unpaired) electrons. The van der Waals surface area contributed by atoms with Gasteiger partial charge in [-0.3, -0.25) is 0 Å². The first-order chi connectivity index (χ1) is 10.2. The minimum absolute atomic E-state index is 0.270. The summed E-state index contributed by atoms with van der Waals surface area (Å²) in [5.41, 5.74) is 4.29. The lowest BCUT2D eigenvalue weighted by molar-refractivity contribution is 0.0601. The van der Waals surface area contributed by atoms with E-state index in [9.17, 15) is 4.79 Å². The van der Waals surface area contributed by atoms with Crippen molar-refractivity contribution >= 4 is 34.5 Å². The van der Waals surface area contributed by atoms with Crippen molar-refractivity contribution in [2.45, 2.75) is 26.8 Å². The Bertz CT molecular complexity index is 693. The summed E-state index contributed by atoms with van der Waals surface area (Å²) in [4.78, 5) is 12.0. The van der Waals surface area contributed by atoms with Crippen LogP contribution >= 0.6 is 11.9 Å². The number of nitrogens with zero attached hydrogens (tertiary/aromatic N) is 2. The minimum Gasteiger partial charge on any atom is -0.465 e. The number of carbonyl (C=O) groups excluding carboxylic acids is 1. The van der Waals surface area contributed by atoms with E-state index in [-0.39, 0.29) is 5.97 Å². The van der Waals surface area contributed by atoms with E-state index in [2.05, 4.69) is 28.9 Å². The van der Waals surface area contributed by atoms with E-state index in [0.717, 1.165) is 31.0 Å². The fourth-order valence-electron chi connectivity index (χ4n) is 2.95. The Morgan fingerprint density at radius 2 is 2.19 bits per heavy atom. The topological polar surface area (TPSA) is 34.5 Å². The molecule has 2 heterocycles. The molecule has 0 N–H and O–H groups in total. The highest BCUT2D eigenvalue weighted by Gasteiger charge is 2.22. The lowest BCUT2D eigenvalue weighted by Gasteiger charge is -2.21. The van der Waals surface area contributed by atoms with Crippen LogP contribution in [0.4, 0.5) is 5.69 Å². The van der Waals surface area contributed by atoms with Crippen LogP contribution in [0.3, 0.4) is 0 Å². The maximum atomic E-state index is 12.0. The number of carbonyl (C=O) groups is 1. The van der Waals surface area contributed by atoms with Gasteiger partial charge < -0.3 is 13.6 Å². The van der Waals surface area contributed by atoms with Gasteiger partial charge in [0.05, 0.1) is 23.9 Å². The molecule has 0 saturated carbocycles. The second kappa shape index (κ2) is 5.64. The van der Waals surface area contributed by atoms with Crippen molar-refractivity contribution in [1.82, 2.24) is 4.57 Å². The van der Waals surface area contributed by atoms with Gasteiger partial charge >= 0.3 is 5.97 Å². The molecule has 21 heavy (non-hydrogen) atoms. The highest BCUT2D eigenvalue weighted by atomic mass is 32.2. The SMILES string of the molecule is CCc1cn2c3c(cc(C(=O)OC)cc13)N(CC)SCC2. The van der Waals surface area contributed by atoms with Gasteiger partial charge in [-0.2, -0.15) is 0 Å². The normalized spacial score (nSPS) is 14.3. The molecule has 5 heteroatoms. The summed E-state index contributed by atoms with van der Waals surface area (Å²) in [5.74, 6) is 0.775. The van der Waals surface area contributed by atoms with E-state index >= 15 is 0 Å². The van der Waals surface area contributed by atoms with Gasteiger partial charge in [0.1, 0.15) is 0 Å². The number of benzene rings is 1. The van der Waals surface area contributed by atoms with Crippen LogP contribution in [0.2, 0.25) is 0 Å². The predicted octanol–water partition coefficient (Wildman–Crippen LogP) is 3.48. The number of hydrogen-bond donors (Lipinski definition) is 0. The van der Waals surface area contributed by atoms with E-state index in [0.29, 0.717) is 5.56 Å². The quantitative estimate of drug-likeness (QED) is 0.642. The zero-order chi connectivity index (χ0) is 15.0. The molecule has 1 aromatic heterocycles. The molecule has 1 aliphatic heterocycles. The number of rotatable bonds is 3. The fourth-order valence-corrected chi connectivity index (χ4v) is 3.91. The Hall–Kier alpha value is -1.62. The fraction of sp³-hybridized carbons (Fsp3) is 0.438. The summed E-state index contributed by atoms with van der Waals surface area (Å²) < 4.78 is 9.51. The van der Waals surface area contributed by atoms with Crippen molar-refractivity contribution in [3.63, 3.8) is 0 Å². The van der Waals surface area contributed by atoms with Crippen LogP contribution in [0, 0.1) is 0 Å². The molecule has 0 aliphatic carbocycles. The molecular formula is C16H20N2O2S. The summed E-state index contributed by atoms with van der Waals surface area (Å²) in [5, 5.41) is 1.18. The summed E-state index contributed by atoms with van der Waals surface area (Å²) >= 11 is 1.82. The summed E-state index contributed by atoms with van der Waals surface area (Å²) in [7, 11) is 1.43. The van der Waals surface area contributed by atoms with Crippen molar-refractivity contribution in [3.8, 4) is 0 Å². The van der Waals surface area contributed by atoms with Gasteiger partial charge in [0, 0.05) is 30.4 Å². The average Bonchev–Trinajstić information content (AvgIpc) is 2.77. The van der Waals surface area contributed by atoms with Crippen LogP contribution < -0.4 is 4.31 Å². The van der Waals surface area contributed by atoms with Gasteiger partial charge in [0.25, 0.3) is 0 Å². The molecule has 1 aromatic carbocycles. The summed E-state index contributed by atoms with van der Waals surface area (Å²) in [6.45, 7) is 6.21. The highest BCUT2D eigenvalue weighted by Crippen LogP contribution is 2.37. The van der Waals surface area contributed by atoms with E-state index in [1.807, 2.05) is 24.1 Å². The maximum absolute atomic E-state index is 12.0. The van der Waals surface area contributed by atoms with Crippen molar-refractivity contribution in [2.24, 2.45) is 0 Å². The van der Waals surface area contributed by atoms with Gasteiger partial charge in [-0.25, -0.2) is 4.79 Å². The molecular weight excluding hydrogens is 284 g/mol. The number of anilines is 1. The average molecular weight is 304 g/mol. The zero-order valence-electron chi connectivity index (χ0n) is 12.7. The third kappa shape index (κ3) is 2.29. The van der Waals surface area contributed by atoms with Crippen LogP contribution in [0.5, 0.6) is 0 Å². The van der Waals surface area contributed by atoms with Crippen LogP contribution in [0.15, 0.2) is 18.3 Å². The molecule has 0 unspecified atom stereocenters. The van der Waals surface area contributed by atoms with Crippen LogP contribution in [0.25, 0.3) is 10.9 Å². The second-order valence-corrected chi connectivity index (χ2v) is 6.22. The van der Waals surface area contributed by atoms with E-state index < -0.39 is 0 Å². The molecule has 1 aliphatic rings. The lowest BCUT2D eigenvalue weighted by Crippen LogP contribution is -2.14. The summed E-state index contributed by atoms with van der Waals surface area (Å²) in [6.07, 6.45) is 3.20. The molecule has 0 saturated heterocycles. The number of aromatic nitrogens is 1. The standard InChI is InChI=1S/C16H20N2O2S/c1-4-11-10-17-6-7-21-18(5-2)14-9-12(16(19)20-3)8-13(11)15(14)17/h8-10H,4-7H2,1-3H3. The highest BCUT2D eigenvalue weighted by molar-refractivity contribution is 8.00. The van der Waals surface area contributed by atoms with Gasteiger partial charge in [-0.05, 0) is 43.0 Å². The first kappa shape index (κ1) is 14.3. The molecule has 0 spiro atoms. The molecule has 0 fully saturated rings. The Balaban J connectivity index is 2.32. The first-order valence-electron chi connectivity index (χ1n) is 7.34. The van der Waals surface area contributed by atoms with Crippen LogP contribution in [-0.4, -0.2) is 29.9 Å². The molecule has 0 bridgehead atoms. The van der Waals surface area contributed by atoms with E-state index in [1.54, 1.807) is 0 Å². The number of hydrogen-bond acceptors (Lipinski definition) is 4. The lowest BCUT2D eigenvalue weighted by atomic mass is 10.1. The molecule has 4 nitrogen and oxygen atoms in total. The Kier molecular flexibility index (Phi) is 3.85. The Labute approximate surface area is 129 Å². The number of esters is 1. The third-order valence-corrected chi connectivity index (χ3v) is 5.10. The number of aryl methyl sites for hydroxylation is 2. The largest absolute Gasteiger partial charge is 0.465 e. The van der Waals surface area contributed by atoms with Crippen molar-refractivity contribution < 1.29 is 9.53 Å².